The van der Waals surface area contributed by atoms with E-state index in [0.717, 1.165) is 0 Å². The molecule has 0 spiro atoms. The lowest BCUT2D eigenvalue weighted by Gasteiger charge is -2.13. The van der Waals surface area contributed by atoms with E-state index in [1.54, 1.807) is 11.6 Å². The van der Waals surface area contributed by atoms with Crippen molar-refractivity contribution in [2.75, 3.05) is 11.9 Å². The fourth-order valence-corrected chi connectivity index (χ4v) is 3.49. The van der Waals surface area contributed by atoms with Crippen LogP contribution in [-0.2, 0) is 18.6 Å². The van der Waals surface area contributed by atoms with E-state index >= 15 is 0 Å². The molecular weight excluding hydrogens is 492 g/mol. The van der Waals surface area contributed by atoms with E-state index in [-0.39, 0.29) is 16.5 Å². The van der Waals surface area contributed by atoms with Crippen LogP contribution in [0.1, 0.15) is 23.4 Å². The minimum atomic E-state index is -4.32. The molecule has 2 N–H and O–H groups in total. The van der Waals surface area contributed by atoms with Crippen molar-refractivity contribution in [3.8, 4) is 0 Å². The summed E-state index contributed by atoms with van der Waals surface area (Å²) >= 11 is 23.0. The molecule has 0 aliphatic heterocycles. The number of nitrogens with zero attached hydrogens (tertiary/aromatic N) is 3. The molecule has 0 bridgehead atoms. The lowest BCUT2D eigenvalue weighted by Crippen LogP contribution is -2.35. The molecule has 1 heterocycles. The molecule has 0 unspecified atom stereocenters. The van der Waals surface area contributed by atoms with Gasteiger partial charge in [-0.25, -0.2) is 27.7 Å². The smallest absolute Gasteiger partial charge is 0.376 e. The maximum atomic E-state index is 12.3. The number of carbonyl (C=O) groups is 2. The lowest BCUT2D eigenvalue weighted by atomic mass is 10.4. The van der Waals surface area contributed by atoms with Crippen LogP contribution < -0.4 is 10.0 Å². The van der Waals surface area contributed by atoms with Gasteiger partial charge in [-0.1, -0.05) is 58.5 Å². The molecule has 29 heavy (non-hydrogen) atoms. The Kier molecular flexibility index (Phi) is 7.46. The number of nitrogens with one attached hydrogen (secondary N) is 2. The predicted molar refractivity (Wildman–Crippen MR) is 106 cm³/mol. The number of urea groups is 1. The zero-order valence-corrected chi connectivity index (χ0v) is 18.2. The Morgan fingerprint density at radius 2 is 1.79 bits per heavy atom. The third kappa shape index (κ3) is 6.28. The minimum Gasteiger partial charge on any atom is -0.460 e. The quantitative estimate of drug-likeness (QED) is 0.469. The van der Waals surface area contributed by atoms with Crippen LogP contribution in [0.15, 0.2) is 29.2 Å². The predicted octanol–water partition coefficient (Wildman–Crippen LogP) is 3.04. The van der Waals surface area contributed by atoms with E-state index in [1.807, 2.05) is 5.32 Å². The number of halogens is 4. The molecule has 0 radical (unpaired) electrons. The second kappa shape index (κ2) is 9.26. The van der Waals surface area contributed by atoms with E-state index in [2.05, 4.69) is 15.0 Å². The Bertz CT molecular complexity index is 1040. The Labute approximate surface area is 184 Å². The van der Waals surface area contributed by atoms with Gasteiger partial charge in [-0.2, -0.15) is 9.97 Å². The van der Waals surface area contributed by atoms with Crippen molar-refractivity contribution in [2.24, 2.45) is 0 Å². The molecule has 2 rings (SSSR count). The first kappa shape index (κ1) is 23.4. The fraction of sp³-hybridized carbons (Fsp3) is 0.214. The summed E-state index contributed by atoms with van der Waals surface area (Å²) < 4.78 is 28.9. The Hall–Kier alpha value is -1.92. The number of amides is 2. The van der Waals surface area contributed by atoms with Crippen LogP contribution in [0.3, 0.4) is 0 Å². The second-order valence-corrected chi connectivity index (χ2v) is 9.35. The average Bonchev–Trinajstić information content (AvgIpc) is 2.60. The third-order valence-corrected chi connectivity index (χ3v) is 5.26. The molecule has 0 saturated carbocycles. The van der Waals surface area contributed by atoms with Crippen molar-refractivity contribution in [2.45, 2.75) is 15.6 Å². The number of aromatic nitrogens is 3. The minimum absolute atomic E-state index is 0.00689. The van der Waals surface area contributed by atoms with Gasteiger partial charge in [0, 0.05) is 0 Å². The maximum absolute atomic E-state index is 12.3. The van der Waals surface area contributed by atoms with Crippen molar-refractivity contribution < 1.29 is 22.7 Å². The van der Waals surface area contributed by atoms with Gasteiger partial charge in [0.2, 0.25) is 15.6 Å². The zero-order valence-electron chi connectivity index (χ0n) is 14.3. The number of anilines is 1. The number of hydrogen-bond acceptors (Lipinski definition) is 8. The van der Waals surface area contributed by atoms with E-state index < -0.39 is 43.4 Å². The summed E-state index contributed by atoms with van der Waals surface area (Å²) in [5.41, 5.74) is 0. The van der Waals surface area contributed by atoms with Gasteiger partial charge in [-0.05, 0) is 19.1 Å². The molecule has 0 aliphatic rings. The van der Waals surface area contributed by atoms with E-state index in [0.29, 0.717) is 0 Å². The van der Waals surface area contributed by atoms with Gasteiger partial charge < -0.3 is 4.74 Å². The number of sulfonamides is 1. The summed E-state index contributed by atoms with van der Waals surface area (Å²) in [5.74, 6) is -2.59. The van der Waals surface area contributed by atoms with Crippen LogP contribution in [0.25, 0.3) is 0 Å². The Morgan fingerprint density at radius 3 is 2.38 bits per heavy atom. The molecule has 2 amide bonds. The van der Waals surface area contributed by atoms with Crippen LogP contribution in [-0.4, -0.2) is 42.0 Å². The zero-order chi connectivity index (χ0) is 21.8. The first-order valence-electron chi connectivity index (χ1n) is 7.52. The summed E-state index contributed by atoms with van der Waals surface area (Å²) in [6.45, 7) is 1.55. The third-order valence-electron chi connectivity index (χ3n) is 2.93. The van der Waals surface area contributed by atoms with Gasteiger partial charge in [-0.3, -0.25) is 5.32 Å². The van der Waals surface area contributed by atoms with Crippen LogP contribution in [0, 0.1) is 0 Å². The molecule has 0 fully saturated rings. The number of carbonyl (C=O) groups excluding carboxylic acids is 2. The average molecular weight is 503 g/mol. The highest BCUT2D eigenvalue weighted by molar-refractivity contribution is 7.90. The number of hydrogen-bond donors (Lipinski definition) is 2. The summed E-state index contributed by atoms with van der Waals surface area (Å²) in [6.07, 6.45) is 0. The van der Waals surface area contributed by atoms with Crippen LogP contribution in [0.5, 0.6) is 0 Å². The maximum Gasteiger partial charge on any atom is 0.376 e. The van der Waals surface area contributed by atoms with Crippen LogP contribution in [0.4, 0.5) is 10.7 Å². The summed E-state index contributed by atoms with van der Waals surface area (Å²) in [6, 6.07) is 4.20. The molecule has 0 saturated heterocycles. The topological polar surface area (TPSA) is 140 Å². The van der Waals surface area contributed by atoms with Gasteiger partial charge in [0.1, 0.15) is 4.90 Å². The first-order chi connectivity index (χ1) is 13.4. The van der Waals surface area contributed by atoms with Crippen molar-refractivity contribution in [3.05, 3.63) is 40.9 Å². The summed E-state index contributed by atoms with van der Waals surface area (Å²) in [4.78, 5) is 34.7. The first-order valence-corrected chi connectivity index (χ1v) is 10.5. The highest BCUT2D eigenvalue weighted by atomic mass is 35.6. The number of ether oxygens (including phenoxy) is 1. The molecule has 1 aromatic carbocycles. The van der Waals surface area contributed by atoms with E-state index in [4.69, 9.17) is 51.1 Å². The molecule has 1 aromatic heterocycles. The standard InChI is InChI=1S/C14H11Cl4N5O5S/c1-2-28-10(24)9-19-11(14(16,17)18)21-12(20-9)22-13(25)23-29(26,27)8-6-4-3-5-7(8)15/h3-6H,2H2,1H3,(H2,19,20,21,22,23,25). The van der Waals surface area contributed by atoms with E-state index in [9.17, 15) is 18.0 Å². The molecule has 0 aliphatic carbocycles. The van der Waals surface area contributed by atoms with Gasteiger partial charge in [0.25, 0.3) is 10.0 Å². The number of alkyl halides is 3. The lowest BCUT2D eigenvalue weighted by molar-refractivity contribution is 0.0511. The molecule has 0 atom stereocenters. The SMILES string of the molecule is CCOC(=O)c1nc(NC(=O)NS(=O)(=O)c2ccccc2Cl)nc(C(Cl)(Cl)Cl)n1. The van der Waals surface area contributed by atoms with Gasteiger partial charge in [0.05, 0.1) is 11.6 Å². The normalized spacial score (nSPS) is 11.6. The molecule has 156 valence electrons. The molecular formula is C14H11Cl4N5O5S. The van der Waals surface area contributed by atoms with Gasteiger partial charge in [-0.15, -0.1) is 0 Å². The van der Waals surface area contributed by atoms with Gasteiger partial charge in [0.15, 0.2) is 5.82 Å². The highest BCUT2D eigenvalue weighted by Gasteiger charge is 2.30. The van der Waals surface area contributed by atoms with E-state index in [1.165, 1.54) is 24.3 Å². The Morgan fingerprint density at radius 1 is 1.14 bits per heavy atom. The van der Waals surface area contributed by atoms with Crippen molar-refractivity contribution >= 4 is 74.4 Å². The van der Waals surface area contributed by atoms with Crippen molar-refractivity contribution in [3.63, 3.8) is 0 Å². The van der Waals surface area contributed by atoms with Crippen LogP contribution in [0.2, 0.25) is 5.02 Å². The summed E-state index contributed by atoms with van der Waals surface area (Å²) in [5, 5.41) is 1.92. The fourth-order valence-electron chi connectivity index (χ4n) is 1.81. The summed E-state index contributed by atoms with van der Waals surface area (Å²) in [7, 11) is -4.32. The van der Waals surface area contributed by atoms with Crippen molar-refractivity contribution in [1.82, 2.24) is 19.7 Å². The molecule has 2 aromatic rings. The number of esters is 1. The number of benzene rings is 1. The monoisotopic (exact) mass is 501 g/mol. The van der Waals surface area contributed by atoms with Crippen LogP contribution >= 0.6 is 46.4 Å². The van der Waals surface area contributed by atoms with Gasteiger partial charge >= 0.3 is 12.0 Å². The number of rotatable bonds is 5. The highest BCUT2D eigenvalue weighted by Crippen LogP contribution is 2.36. The second-order valence-electron chi connectivity index (χ2n) is 5.01. The Balaban J connectivity index is 2.30. The molecule has 10 nitrogen and oxygen atoms in total. The largest absolute Gasteiger partial charge is 0.460 e. The van der Waals surface area contributed by atoms with Crippen molar-refractivity contribution in [1.29, 1.82) is 0 Å². The molecule has 15 heteroatoms.